The van der Waals surface area contributed by atoms with E-state index in [0.29, 0.717) is 12.2 Å². The van der Waals surface area contributed by atoms with E-state index in [1.54, 1.807) is 6.07 Å². The molecule has 1 aliphatic carbocycles. The Kier molecular flexibility index (Phi) is 5.61. The Balaban J connectivity index is 2.69. The molecule has 27 heavy (non-hydrogen) atoms. The smallest absolute Gasteiger partial charge is 0.297 e. The summed E-state index contributed by atoms with van der Waals surface area (Å²) in [5.74, 6) is -1.95. The highest BCUT2D eigenvalue weighted by molar-refractivity contribution is 7.90. The van der Waals surface area contributed by atoms with E-state index in [1.165, 1.54) is 24.3 Å². The van der Waals surface area contributed by atoms with E-state index in [2.05, 4.69) is 0 Å². The fraction of sp³-hybridized carbons (Fsp3) is 0.267. The van der Waals surface area contributed by atoms with E-state index in [4.69, 9.17) is 10.5 Å². The van der Waals surface area contributed by atoms with Gasteiger partial charge in [-0.3, -0.25) is 13.9 Å². The van der Waals surface area contributed by atoms with E-state index in [1.807, 2.05) is 0 Å². The van der Waals surface area contributed by atoms with Gasteiger partial charge in [-0.05, 0) is 17.7 Å². The number of carbonyl (C=O) groups excluding carboxylic acids is 1. The first-order valence-electron chi connectivity index (χ1n) is 7.31. The van der Waals surface area contributed by atoms with Crippen LogP contribution in [0, 0.1) is 0 Å². The number of ether oxygens (including phenoxy) is 1. The van der Waals surface area contributed by atoms with Crippen molar-refractivity contribution >= 4 is 26.0 Å². The number of aliphatic hydroxyl groups is 1. The van der Waals surface area contributed by atoms with Gasteiger partial charge in [0.05, 0.1) is 7.11 Å². The number of benzene rings is 1. The molecule has 0 amide bonds. The van der Waals surface area contributed by atoms with Crippen LogP contribution in [0.1, 0.15) is 11.7 Å². The Morgan fingerprint density at radius 3 is 2.19 bits per heavy atom. The van der Waals surface area contributed by atoms with Crippen LogP contribution in [0.3, 0.4) is 0 Å². The van der Waals surface area contributed by atoms with Gasteiger partial charge in [0.2, 0.25) is 0 Å². The van der Waals surface area contributed by atoms with Crippen molar-refractivity contribution in [2.24, 2.45) is 5.73 Å². The summed E-state index contributed by atoms with van der Waals surface area (Å²) in [4.78, 5) is 11.8. The highest BCUT2D eigenvalue weighted by Crippen LogP contribution is 2.35. The highest BCUT2D eigenvalue weighted by atomic mass is 32.2. The van der Waals surface area contributed by atoms with Crippen LogP contribution in [0.5, 0.6) is 0 Å². The monoisotopic (exact) mass is 419 g/mol. The van der Waals surface area contributed by atoms with Crippen molar-refractivity contribution in [2.75, 3.05) is 7.11 Å². The predicted molar refractivity (Wildman–Crippen MR) is 93.4 cm³/mol. The van der Waals surface area contributed by atoms with E-state index in [-0.39, 0.29) is 5.56 Å². The summed E-state index contributed by atoms with van der Waals surface area (Å²) < 4.78 is 70.3. The zero-order chi connectivity index (χ0) is 20.6. The average Bonchev–Trinajstić information content (AvgIpc) is 2.59. The molecule has 0 heterocycles. The van der Waals surface area contributed by atoms with Crippen LogP contribution >= 0.6 is 0 Å². The van der Waals surface area contributed by atoms with Gasteiger partial charge in [-0.1, -0.05) is 30.3 Å². The summed E-state index contributed by atoms with van der Waals surface area (Å²) >= 11 is 0. The van der Waals surface area contributed by atoms with Crippen LogP contribution in [0.15, 0.2) is 53.1 Å². The maximum Gasteiger partial charge on any atom is 0.297 e. The molecule has 5 N–H and O–H groups in total. The van der Waals surface area contributed by atoms with Gasteiger partial charge in [0.15, 0.2) is 5.78 Å². The van der Waals surface area contributed by atoms with E-state index >= 15 is 0 Å². The number of hydrogen-bond donors (Lipinski definition) is 4. The van der Waals surface area contributed by atoms with Crippen molar-refractivity contribution in [3.05, 3.63) is 58.7 Å². The van der Waals surface area contributed by atoms with Gasteiger partial charge in [-0.2, -0.15) is 16.8 Å². The third-order valence-corrected chi connectivity index (χ3v) is 6.04. The quantitative estimate of drug-likeness (QED) is 0.441. The molecular formula is C15H17NO9S2. The van der Waals surface area contributed by atoms with Crippen LogP contribution in [-0.2, 0) is 29.8 Å². The number of Topliss-reactive ketones (excluding diaryl/α,β-unsaturated/α-hetero) is 1. The first-order valence-corrected chi connectivity index (χ1v) is 10.3. The first kappa shape index (κ1) is 21.2. The van der Waals surface area contributed by atoms with Gasteiger partial charge in [0.1, 0.15) is 27.6 Å². The molecule has 148 valence electrons. The average molecular weight is 419 g/mol. The molecule has 0 saturated heterocycles. The van der Waals surface area contributed by atoms with Gasteiger partial charge < -0.3 is 15.6 Å². The number of carbonyl (C=O) groups is 1. The zero-order valence-electron chi connectivity index (χ0n) is 13.9. The molecule has 0 saturated carbocycles. The van der Waals surface area contributed by atoms with E-state index < -0.39 is 53.6 Å². The summed E-state index contributed by atoms with van der Waals surface area (Å²) in [5.41, 5.74) is 3.22. The second kappa shape index (κ2) is 7.14. The number of ketones is 1. The maximum atomic E-state index is 12.8. The second-order valence-corrected chi connectivity index (χ2v) is 8.69. The van der Waals surface area contributed by atoms with Crippen molar-refractivity contribution in [1.82, 2.24) is 0 Å². The molecule has 0 radical (unpaired) electrons. The number of methoxy groups -OCH3 is 1. The van der Waals surface area contributed by atoms with Gasteiger partial charge >= 0.3 is 0 Å². The van der Waals surface area contributed by atoms with Gasteiger partial charge in [-0.25, -0.2) is 0 Å². The molecular weight excluding hydrogens is 402 g/mol. The molecule has 0 spiro atoms. The summed E-state index contributed by atoms with van der Waals surface area (Å²) in [6.07, 6.45) is -0.917. The molecule has 0 aromatic heterocycles. The summed E-state index contributed by atoms with van der Waals surface area (Å²) in [6, 6.07) is 7.32. The molecule has 2 rings (SSSR count). The zero-order valence-corrected chi connectivity index (χ0v) is 15.5. The Labute approximate surface area is 155 Å². The fourth-order valence-electron chi connectivity index (χ4n) is 2.67. The van der Waals surface area contributed by atoms with Crippen molar-refractivity contribution in [2.45, 2.75) is 16.9 Å². The fourth-order valence-corrected chi connectivity index (χ4v) is 4.39. The molecule has 0 fully saturated rings. The van der Waals surface area contributed by atoms with Crippen LogP contribution < -0.4 is 5.73 Å². The highest BCUT2D eigenvalue weighted by Gasteiger charge is 2.52. The number of aliphatic hydroxyl groups excluding tert-OH is 1. The maximum absolute atomic E-state index is 12.8. The van der Waals surface area contributed by atoms with E-state index in [0.717, 1.165) is 7.11 Å². The number of nitrogens with two attached hydrogens (primary N) is 1. The minimum Gasteiger partial charge on any atom is -0.496 e. The topological polar surface area (TPSA) is 181 Å². The molecule has 0 bridgehead atoms. The third kappa shape index (κ3) is 4.10. The molecule has 3 unspecified atom stereocenters. The van der Waals surface area contributed by atoms with Crippen molar-refractivity contribution < 1.29 is 40.6 Å². The van der Waals surface area contributed by atoms with Gasteiger partial charge in [0, 0.05) is 0 Å². The molecule has 1 aliphatic rings. The molecule has 12 heteroatoms. The van der Waals surface area contributed by atoms with Crippen LogP contribution in [0.2, 0.25) is 0 Å². The lowest BCUT2D eigenvalue weighted by atomic mass is 9.82. The van der Waals surface area contributed by atoms with Gasteiger partial charge in [-0.15, -0.1) is 0 Å². The molecule has 0 aliphatic heterocycles. The van der Waals surface area contributed by atoms with Crippen LogP contribution in [0.4, 0.5) is 0 Å². The molecule has 1 aromatic carbocycles. The molecule has 1 aromatic rings. The van der Waals surface area contributed by atoms with Gasteiger partial charge in [0.25, 0.3) is 20.2 Å². The Hall–Kier alpha value is -2.09. The standard InChI is InChI=1S/C15H17NO9S2/c1-25-10-7-12(27(22,23)24)15(16,8-11(10)26(19,20)21)14(18)13(17)9-5-3-2-4-6-9/h2-8,12-13,17H,16H2,1H3,(H,19,20,21)(H,22,23,24). The van der Waals surface area contributed by atoms with E-state index in [9.17, 15) is 35.8 Å². The summed E-state index contributed by atoms with van der Waals surface area (Å²) in [6.45, 7) is 0. The van der Waals surface area contributed by atoms with Crippen molar-refractivity contribution in [1.29, 1.82) is 0 Å². The van der Waals surface area contributed by atoms with Crippen molar-refractivity contribution in [3.63, 3.8) is 0 Å². The molecule has 3 atom stereocenters. The van der Waals surface area contributed by atoms with Crippen molar-refractivity contribution in [3.8, 4) is 0 Å². The Bertz CT molecular complexity index is 1010. The molecule has 10 nitrogen and oxygen atoms in total. The Morgan fingerprint density at radius 2 is 1.74 bits per heavy atom. The lowest BCUT2D eigenvalue weighted by molar-refractivity contribution is -0.131. The third-order valence-electron chi connectivity index (χ3n) is 4.00. The number of hydrogen-bond acceptors (Lipinski definition) is 8. The lowest BCUT2D eigenvalue weighted by Gasteiger charge is -2.35. The summed E-state index contributed by atoms with van der Waals surface area (Å²) in [5, 5.41) is 8.13. The summed E-state index contributed by atoms with van der Waals surface area (Å²) in [7, 11) is -9.03. The second-order valence-electron chi connectivity index (χ2n) is 5.76. The minimum atomic E-state index is -5.04. The lowest BCUT2D eigenvalue weighted by Crippen LogP contribution is -2.60. The minimum absolute atomic E-state index is 0.0599. The SMILES string of the molecule is COC1=CC(S(=O)(=O)O)C(N)(C(=O)C(O)c2ccccc2)C=C1S(=O)(=O)O. The first-order chi connectivity index (χ1) is 12.3. The normalized spacial score (nSPS) is 24.6. The van der Waals surface area contributed by atoms with Crippen LogP contribution in [-0.4, -0.2) is 54.7 Å². The number of rotatable bonds is 6. The Morgan fingerprint density at radius 1 is 1.19 bits per heavy atom. The van der Waals surface area contributed by atoms with Crippen LogP contribution in [0.25, 0.3) is 0 Å². The predicted octanol–water partition coefficient (Wildman–Crippen LogP) is -0.441. The largest absolute Gasteiger partial charge is 0.496 e.